The minimum atomic E-state index is 0.0573. The number of carbonyl (C=O) groups excluding carboxylic acids is 1. The van der Waals surface area contributed by atoms with Gasteiger partial charge in [-0.05, 0) is 37.0 Å². The SMILES string of the molecule is CCc1ccc(-c2nc(C3CC(=O)N(C4CCCCC4)C3)no2)cc1. The molecule has 2 aromatic rings. The highest BCUT2D eigenvalue weighted by atomic mass is 16.5. The summed E-state index contributed by atoms with van der Waals surface area (Å²) in [7, 11) is 0. The summed E-state index contributed by atoms with van der Waals surface area (Å²) in [5.74, 6) is 1.51. The molecule has 4 rings (SSSR count). The summed E-state index contributed by atoms with van der Waals surface area (Å²) >= 11 is 0. The van der Waals surface area contributed by atoms with E-state index in [1.54, 1.807) is 0 Å². The van der Waals surface area contributed by atoms with Crippen LogP contribution in [0.25, 0.3) is 11.5 Å². The van der Waals surface area contributed by atoms with Gasteiger partial charge >= 0.3 is 0 Å². The van der Waals surface area contributed by atoms with E-state index in [9.17, 15) is 4.79 Å². The van der Waals surface area contributed by atoms with E-state index in [4.69, 9.17) is 4.52 Å². The number of nitrogens with zero attached hydrogens (tertiary/aromatic N) is 3. The molecule has 2 fully saturated rings. The third-order valence-electron chi connectivity index (χ3n) is 5.59. The zero-order valence-electron chi connectivity index (χ0n) is 14.8. The van der Waals surface area contributed by atoms with Gasteiger partial charge in [-0.1, -0.05) is 43.5 Å². The quantitative estimate of drug-likeness (QED) is 0.846. The van der Waals surface area contributed by atoms with Crippen molar-refractivity contribution in [1.82, 2.24) is 15.0 Å². The van der Waals surface area contributed by atoms with Gasteiger partial charge < -0.3 is 9.42 Å². The molecule has 1 amide bonds. The Labute approximate surface area is 148 Å². The van der Waals surface area contributed by atoms with Crippen LogP contribution in [0.3, 0.4) is 0 Å². The number of likely N-dealkylation sites (tertiary alicyclic amines) is 1. The van der Waals surface area contributed by atoms with Crippen LogP contribution in [0, 0.1) is 0 Å². The van der Waals surface area contributed by atoms with E-state index in [1.807, 2.05) is 12.1 Å². The van der Waals surface area contributed by atoms with Gasteiger partial charge in [-0.3, -0.25) is 4.79 Å². The maximum atomic E-state index is 12.4. The van der Waals surface area contributed by atoms with Crippen molar-refractivity contribution in [3.63, 3.8) is 0 Å². The fraction of sp³-hybridized carbons (Fsp3) is 0.550. The molecule has 1 aromatic heterocycles. The zero-order chi connectivity index (χ0) is 17.2. The highest BCUT2D eigenvalue weighted by Crippen LogP contribution is 2.33. The topological polar surface area (TPSA) is 59.2 Å². The van der Waals surface area contributed by atoms with Crippen LogP contribution in [0.15, 0.2) is 28.8 Å². The Kier molecular flexibility index (Phi) is 4.55. The zero-order valence-corrected chi connectivity index (χ0v) is 14.8. The van der Waals surface area contributed by atoms with Crippen LogP contribution >= 0.6 is 0 Å². The molecule has 0 N–H and O–H groups in total. The average molecular weight is 339 g/mol. The summed E-state index contributed by atoms with van der Waals surface area (Å²) in [5.41, 5.74) is 2.22. The molecule has 1 aliphatic carbocycles. The van der Waals surface area contributed by atoms with Crippen LogP contribution in [0.4, 0.5) is 0 Å². The number of carbonyl (C=O) groups is 1. The van der Waals surface area contributed by atoms with Gasteiger partial charge in [-0.2, -0.15) is 4.98 Å². The van der Waals surface area contributed by atoms with Crippen molar-refractivity contribution < 1.29 is 9.32 Å². The number of aryl methyl sites for hydroxylation is 1. The first kappa shape index (κ1) is 16.3. The predicted molar refractivity (Wildman–Crippen MR) is 95.1 cm³/mol. The van der Waals surface area contributed by atoms with Crippen molar-refractivity contribution >= 4 is 5.91 Å². The van der Waals surface area contributed by atoms with Crippen LogP contribution < -0.4 is 0 Å². The molecule has 1 atom stereocenters. The Morgan fingerprint density at radius 2 is 1.92 bits per heavy atom. The van der Waals surface area contributed by atoms with Crippen LogP contribution in [0.1, 0.15) is 62.8 Å². The van der Waals surface area contributed by atoms with Gasteiger partial charge in [0.2, 0.25) is 5.91 Å². The molecule has 25 heavy (non-hydrogen) atoms. The lowest BCUT2D eigenvalue weighted by molar-refractivity contribution is -0.130. The summed E-state index contributed by atoms with van der Waals surface area (Å²) in [6.07, 6.45) is 7.56. The van der Waals surface area contributed by atoms with E-state index >= 15 is 0 Å². The van der Waals surface area contributed by atoms with E-state index in [0.29, 0.717) is 24.2 Å². The molecule has 1 saturated heterocycles. The summed E-state index contributed by atoms with van der Waals surface area (Å²) in [6, 6.07) is 8.63. The molecule has 1 aliphatic heterocycles. The summed E-state index contributed by atoms with van der Waals surface area (Å²) in [4.78, 5) is 19.1. The molecule has 5 nitrogen and oxygen atoms in total. The molecular weight excluding hydrogens is 314 g/mol. The minimum absolute atomic E-state index is 0.0573. The van der Waals surface area contributed by atoms with Crippen molar-refractivity contribution in [2.75, 3.05) is 6.54 Å². The molecule has 1 aromatic carbocycles. The van der Waals surface area contributed by atoms with Gasteiger partial charge in [-0.15, -0.1) is 0 Å². The number of hydrogen-bond acceptors (Lipinski definition) is 4. The molecule has 0 spiro atoms. The van der Waals surface area contributed by atoms with Crippen LogP contribution in [-0.4, -0.2) is 33.5 Å². The normalized spacial score (nSPS) is 21.9. The Balaban J connectivity index is 1.47. The number of aromatic nitrogens is 2. The fourth-order valence-electron chi connectivity index (χ4n) is 4.05. The molecular formula is C20H25N3O2. The molecule has 0 radical (unpaired) electrons. The molecule has 2 aliphatic rings. The van der Waals surface area contributed by atoms with Gasteiger partial charge in [0.05, 0.1) is 0 Å². The lowest BCUT2D eigenvalue weighted by Gasteiger charge is -2.31. The van der Waals surface area contributed by atoms with E-state index in [-0.39, 0.29) is 11.8 Å². The van der Waals surface area contributed by atoms with Gasteiger partial charge in [0.15, 0.2) is 5.82 Å². The third kappa shape index (κ3) is 3.32. The number of hydrogen-bond donors (Lipinski definition) is 0. The molecule has 1 saturated carbocycles. The monoisotopic (exact) mass is 339 g/mol. The smallest absolute Gasteiger partial charge is 0.257 e. The Morgan fingerprint density at radius 1 is 1.16 bits per heavy atom. The number of amides is 1. The van der Waals surface area contributed by atoms with Crippen molar-refractivity contribution in [3.8, 4) is 11.5 Å². The third-order valence-corrected chi connectivity index (χ3v) is 5.59. The van der Waals surface area contributed by atoms with Crippen LogP contribution in [0.2, 0.25) is 0 Å². The van der Waals surface area contributed by atoms with Gasteiger partial charge in [0, 0.05) is 30.5 Å². The first-order valence-corrected chi connectivity index (χ1v) is 9.47. The van der Waals surface area contributed by atoms with E-state index in [2.05, 4.69) is 34.1 Å². The van der Waals surface area contributed by atoms with E-state index < -0.39 is 0 Å². The maximum absolute atomic E-state index is 12.4. The lowest BCUT2D eigenvalue weighted by Crippen LogP contribution is -2.37. The average Bonchev–Trinajstić information content (AvgIpc) is 3.29. The molecule has 0 bridgehead atoms. The second kappa shape index (κ2) is 6.98. The fourth-order valence-corrected chi connectivity index (χ4v) is 4.05. The number of rotatable bonds is 4. The van der Waals surface area contributed by atoms with E-state index in [0.717, 1.165) is 31.4 Å². The van der Waals surface area contributed by atoms with Crippen LogP contribution in [-0.2, 0) is 11.2 Å². The first-order chi connectivity index (χ1) is 12.2. The second-order valence-electron chi connectivity index (χ2n) is 7.25. The molecule has 1 unspecified atom stereocenters. The van der Waals surface area contributed by atoms with E-state index in [1.165, 1.54) is 24.8 Å². The van der Waals surface area contributed by atoms with Gasteiger partial charge in [0.25, 0.3) is 5.89 Å². The first-order valence-electron chi connectivity index (χ1n) is 9.47. The summed E-state index contributed by atoms with van der Waals surface area (Å²) in [6.45, 7) is 2.87. The molecule has 5 heteroatoms. The number of benzene rings is 1. The largest absolute Gasteiger partial charge is 0.339 e. The highest BCUT2D eigenvalue weighted by Gasteiger charge is 2.37. The predicted octanol–water partition coefficient (Wildman–Crippen LogP) is 3.95. The Morgan fingerprint density at radius 3 is 2.64 bits per heavy atom. The summed E-state index contributed by atoms with van der Waals surface area (Å²) < 4.78 is 5.46. The lowest BCUT2D eigenvalue weighted by atomic mass is 9.94. The highest BCUT2D eigenvalue weighted by molar-refractivity contribution is 5.80. The Bertz CT molecular complexity index is 732. The van der Waals surface area contributed by atoms with Crippen molar-refractivity contribution in [2.24, 2.45) is 0 Å². The summed E-state index contributed by atoms with van der Waals surface area (Å²) in [5, 5.41) is 4.17. The van der Waals surface area contributed by atoms with Gasteiger partial charge in [0.1, 0.15) is 0 Å². The van der Waals surface area contributed by atoms with Crippen molar-refractivity contribution in [1.29, 1.82) is 0 Å². The van der Waals surface area contributed by atoms with Crippen LogP contribution in [0.5, 0.6) is 0 Å². The Hall–Kier alpha value is -2.17. The second-order valence-corrected chi connectivity index (χ2v) is 7.25. The molecule has 132 valence electrons. The van der Waals surface area contributed by atoms with Crippen molar-refractivity contribution in [3.05, 3.63) is 35.7 Å². The van der Waals surface area contributed by atoms with Crippen molar-refractivity contribution in [2.45, 2.75) is 63.8 Å². The maximum Gasteiger partial charge on any atom is 0.257 e. The molecule has 2 heterocycles. The van der Waals surface area contributed by atoms with Gasteiger partial charge in [-0.25, -0.2) is 0 Å². The standard InChI is InChI=1S/C20H25N3O2/c1-2-14-8-10-15(11-9-14)20-21-19(22-25-20)16-12-18(24)23(13-16)17-6-4-3-5-7-17/h8-11,16-17H,2-7,12-13H2,1H3. The minimum Gasteiger partial charge on any atom is -0.339 e.